The van der Waals surface area contributed by atoms with Crippen molar-refractivity contribution in [1.82, 2.24) is 10.3 Å². The molecule has 0 aromatic carbocycles. The fourth-order valence-electron chi connectivity index (χ4n) is 3.27. The Balaban J connectivity index is 2.01. The maximum Gasteiger partial charge on any atom is 0.128 e. The van der Waals surface area contributed by atoms with E-state index in [0.717, 1.165) is 12.5 Å². The number of anilines is 1. The van der Waals surface area contributed by atoms with Crippen LogP contribution < -0.4 is 11.1 Å². The highest BCUT2D eigenvalue weighted by Gasteiger charge is 2.47. The molecule has 3 N–H and O–H groups in total. The van der Waals surface area contributed by atoms with Gasteiger partial charge in [-0.05, 0) is 44.2 Å². The summed E-state index contributed by atoms with van der Waals surface area (Å²) < 4.78 is 0. The van der Waals surface area contributed by atoms with Crippen LogP contribution in [0, 0.1) is 5.92 Å². The highest BCUT2D eigenvalue weighted by molar-refractivity contribution is 5.45. The molecule has 92 valence electrons. The molecule has 17 heavy (non-hydrogen) atoms. The first-order valence-electron chi connectivity index (χ1n) is 6.79. The molecular formula is C14H21N3. The van der Waals surface area contributed by atoms with Crippen LogP contribution in [0.1, 0.15) is 44.1 Å². The molecule has 0 spiro atoms. The SMILES string of the molecule is Nc1ncccc1C1(C2CC2)CCCCCN1. The fraction of sp³-hybridized carbons (Fsp3) is 0.643. The summed E-state index contributed by atoms with van der Waals surface area (Å²) in [7, 11) is 0. The number of rotatable bonds is 2. The number of aromatic nitrogens is 1. The maximum absolute atomic E-state index is 6.10. The number of nitrogens with two attached hydrogens (primary N) is 1. The van der Waals surface area contributed by atoms with Crippen LogP contribution in [-0.4, -0.2) is 11.5 Å². The molecule has 1 atom stereocenters. The first kappa shape index (κ1) is 11.0. The minimum atomic E-state index is 0.120. The smallest absolute Gasteiger partial charge is 0.128 e. The van der Waals surface area contributed by atoms with Gasteiger partial charge in [0.2, 0.25) is 0 Å². The zero-order chi connectivity index (χ0) is 11.7. The number of nitrogens with one attached hydrogen (secondary N) is 1. The van der Waals surface area contributed by atoms with Crippen LogP contribution in [0.4, 0.5) is 5.82 Å². The Hall–Kier alpha value is -1.09. The Labute approximate surface area is 103 Å². The minimum Gasteiger partial charge on any atom is -0.383 e. The molecule has 3 heteroatoms. The van der Waals surface area contributed by atoms with Crippen LogP contribution in [0.2, 0.25) is 0 Å². The average molecular weight is 231 g/mol. The van der Waals surface area contributed by atoms with E-state index in [4.69, 9.17) is 5.73 Å². The average Bonchev–Trinajstić information content (AvgIpc) is 3.17. The van der Waals surface area contributed by atoms with Crippen LogP contribution in [0.25, 0.3) is 0 Å². The van der Waals surface area contributed by atoms with Crippen molar-refractivity contribution >= 4 is 5.82 Å². The number of nitrogen functional groups attached to an aromatic ring is 1. The van der Waals surface area contributed by atoms with E-state index in [1.807, 2.05) is 6.07 Å². The van der Waals surface area contributed by atoms with Crippen LogP contribution >= 0.6 is 0 Å². The zero-order valence-electron chi connectivity index (χ0n) is 10.3. The van der Waals surface area contributed by atoms with E-state index < -0.39 is 0 Å². The summed E-state index contributed by atoms with van der Waals surface area (Å²) in [5.41, 5.74) is 7.46. The third-order valence-electron chi connectivity index (χ3n) is 4.28. The van der Waals surface area contributed by atoms with E-state index in [-0.39, 0.29) is 5.54 Å². The summed E-state index contributed by atoms with van der Waals surface area (Å²) in [5, 5.41) is 3.79. The van der Waals surface area contributed by atoms with Gasteiger partial charge in [-0.25, -0.2) is 4.98 Å². The van der Waals surface area contributed by atoms with E-state index in [1.54, 1.807) is 6.20 Å². The second-order valence-electron chi connectivity index (χ2n) is 5.42. The summed E-state index contributed by atoms with van der Waals surface area (Å²) in [6.07, 6.45) is 9.60. The molecular weight excluding hydrogens is 210 g/mol. The van der Waals surface area contributed by atoms with Crippen molar-refractivity contribution in [3.63, 3.8) is 0 Å². The van der Waals surface area contributed by atoms with Gasteiger partial charge in [-0.1, -0.05) is 18.9 Å². The van der Waals surface area contributed by atoms with Gasteiger partial charge in [-0.3, -0.25) is 0 Å². The lowest BCUT2D eigenvalue weighted by atomic mass is 9.81. The van der Waals surface area contributed by atoms with Gasteiger partial charge < -0.3 is 11.1 Å². The Kier molecular flexibility index (Phi) is 2.79. The van der Waals surface area contributed by atoms with E-state index in [1.165, 1.54) is 44.1 Å². The van der Waals surface area contributed by atoms with Crippen molar-refractivity contribution in [3.8, 4) is 0 Å². The Morgan fingerprint density at radius 1 is 1.29 bits per heavy atom. The summed E-state index contributed by atoms with van der Waals surface area (Å²) >= 11 is 0. The lowest BCUT2D eigenvalue weighted by molar-refractivity contribution is 0.279. The molecule has 0 amide bonds. The second kappa shape index (κ2) is 4.30. The number of hydrogen-bond acceptors (Lipinski definition) is 3. The molecule has 1 saturated carbocycles. The number of pyridine rings is 1. The van der Waals surface area contributed by atoms with Crippen LogP contribution in [0.3, 0.4) is 0 Å². The van der Waals surface area contributed by atoms with Gasteiger partial charge in [-0.15, -0.1) is 0 Å². The zero-order valence-corrected chi connectivity index (χ0v) is 10.3. The highest BCUT2D eigenvalue weighted by Crippen LogP contribution is 2.50. The standard InChI is InChI=1S/C14H21N3/c15-13-12(5-4-9-16-13)14(11-6-7-11)8-2-1-3-10-17-14/h4-5,9,11,17H,1-3,6-8,10H2,(H2,15,16). The lowest BCUT2D eigenvalue weighted by Gasteiger charge is -2.35. The van der Waals surface area contributed by atoms with Crippen molar-refractivity contribution in [2.24, 2.45) is 5.92 Å². The second-order valence-corrected chi connectivity index (χ2v) is 5.42. The van der Waals surface area contributed by atoms with Crippen molar-refractivity contribution in [3.05, 3.63) is 23.9 Å². The fourth-order valence-corrected chi connectivity index (χ4v) is 3.27. The van der Waals surface area contributed by atoms with Crippen LogP contribution in [-0.2, 0) is 5.54 Å². The molecule has 3 nitrogen and oxygen atoms in total. The van der Waals surface area contributed by atoms with Gasteiger partial charge in [0.15, 0.2) is 0 Å². The van der Waals surface area contributed by atoms with E-state index in [2.05, 4.69) is 16.4 Å². The molecule has 0 radical (unpaired) electrons. The van der Waals surface area contributed by atoms with Crippen molar-refractivity contribution in [2.75, 3.05) is 12.3 Å². The lowest BCUT2D eigenvalue weighted by Crippen LogP contribution is -2.44. The summed E-state index contributed by atoms with van der Waals surface area (Å²) in [4.78, 5) is 4.28. The van der Waals surface area contributed by atoms with Gasteiger partial charge in [0.25, 0.3) is 0 Å². The van der Waals surface area contributed by atoms with E-state index >= 15 is 0 Å². The molecule has 3 rings (SSSR count). The van der Waals surface area contributed by atoms with Crippen molar-refractivity contribution < 1.29 is 0 Å². The van der Waals surface area contributed by atoms with Gasteiger partial charge in [0, 0.05) is 17.3 Å². The van der Waals surface area contributed by atoms with Gasteiger partial charge in [0.05, 0.1) is 0 Å². The molecule has 2 fully saturated rings. The van der Waals surface area contributed by atoms with Crippen LogP contribution in [0.15, 0.2) is 18.3 Å². The molecule has 1 aliphatic heterocycles. The summed E-state index contributed by atoms with van der Waals surface area (Å²) in [6.45, 7) is 1.12. The first-order chi connectivity index (χ1) is 8.33. The molecule has 1 saturated heterocycles. The van der Waals surface area contributed by atoms with Crippen LogP contribution in [0.5, 0.6) is 0 Å². The third kappa shape index (κ3) is 1.93. The number of hydrogen-bond donors (Lipinski definition) is 2. The molecule has 2 aliphatic rings. The normalized spacial score (nSPS) is 29.9. The first-order valence-corrected chi connectivity index (χ1v) is 6.79. The molecule has 1 aromatic heterocycles. The molecule has 1 aliphatic carbocycles. The van der Waals surface area contributed by atoms with E-state index in [0.29, 0.717) is 5.82 Å². The monoisotopic (exact) mass is 231 g/mol. The highest BCUT2D eigenvalue weighted by atomic mass is 15.0. The minimum absolute atomic E-state index is 0.120. The predicted octanol–water partition coefficient (Wildman–Crippen LogP) is 2.43. The molecule has 1 unspecified atom stereocenters. The third-order valence-corrected chi connectivity index (χ3v) is 4.28. The summed E-state index contributed by atoms with van der Waals surface area (Å²) in [6, 6.07) is 4.18. The molecule has 1 aromatic rings. The Morgan fingerprint density at radius 3 is 2.94 bits per heavy atom. The Morgan fingerprint density at radius 2 is 2.18 bits per heavy atom. The quantitative estimate of drug-likeness (QED) is 0.822. The van der Waals surface area contributed by atoms with Gasteiger partial charge in [0.1, 0.15) is 5.82 Å². The Bertz CT molecular complexity index is 390. The van der Waals surface area contributed by atoms with E-state index in [9.17, 15) is 0 Å². The molecule has 2 heterocycles. The number of nitrogens with zero attached hydrogens (tertiary/aromatic N) is 1. The van der Waals surface area contributed by atoms with Crippen molar-refractivity contribution in [1.29, 1.82) is 0 Å². The molecule has 0 bridgehead atoms. The van der Waals surface area contributed by atoms with Crippen molar-refractivity contribution in [2.45, 2.75) is 44.1 Å². The topological polar surface area (TPSA) is 50.9 Å². The predicted molar refractivity (Wildman–Crippen MR) is 69.5 cm³/mol. The van der Waals surface area contributed by atoms with Gasteiger partial charge >= 0.3 is 0 Å². The largest absolute Gasteiger partial charge is 0.383 e. The summed E-state index contributed by atoms with van der Waals surface area (Å²) in [5.74, 6) is 1.49. The van der Waals surface area contributed by atoms with Gasteiger partial charge in [-0.2, -0.15) is 0 Å². The maximum atomic E-state index is 6.10.